The second-order valence-corrected chi connectivity index (χ2v) is 6.89. The van der Waals surface area contributed by atoms with E-state index in [0.717, 1.165) is 11.8 Å². The first kappa shape index (κ1) is 15.2. The summed E-state index contributed by atoms with van der Waals surface area (Å²) in [4.78, 5) is 0. The van der Waals surface area contributed by atoms with Crippen molar-refractivity contribution in [2.24, 2.45) is 0 Å². The van der Waals surface area contributed by atoms with Gasteiger partial charge in [-0.3, -0.25) is 4.57 Å². The molecule has 23 heavy (non-hydrogen) atoms. The Balaban J connectivity index is 2.25. The number of benzene rings is 2. The fourth-order valence-corrected chi connectivity index (χ4v) is 2.96. The van der Waals surface area contributed by atoms with Crippen molar-refractivity contribution in [2.75, 3.05) is 13.4 Å². The van der Waals surface area contributed by atoms with Crippen LogP contribution in [0.15, 0.2) is 59.8 Å². The number of hydrogen-bond acceptors (Lipinski definition) is 5. The highest BCUT2D eigenvalue weighted by Crippen LogP contribution is 2.26. The molecule has 0 aliphatic heterocycles. The smallest absolute Gasteiger partial charge is 0.254 e. The molecule has 0 saturated carbocycles. The summed E-state index contributed by atoms with van der Waals surface area (Å²) >= 11 is 0. The van der Waals surface area contributed by atoms with Crippen LogP contribution >= 0.6 is 0 Å². The number of ether oxygens (including phenoxy) is 1. The van der Waals surface area contributed by atoms with Crippen molar-refractivity contribution in [3.8, 4) is 22.8 Å². The molecule has 1 aromatic heterocycles. The Hall–Kier alpha value is -2.67. The van der Waals surface area contributed by atoms with Gasteiger partial charge in [0.2, 0.25) is 9.84 Å². The van der Waals surface area contributed by atoms with Gasteiger partial charge >= 0.3 is 0 Å². The summed E-state index contributed by atoms with van der Waals surface area (Å²) in [7, 11) is -1.95. The molecule has 0 amide bonds. The molecule has 0 atom stereocenters. The summed E-state index contributed by atoms with van der Waals surface area (Å²) in [5.74, 6) is 1.15. The quantitative estimate of drug-likeness (QED) is 0.734. The molecule has 3 aromatic rings. The van der Waals surface area contributed by atoms with Crippen LogP contribution in [0, 0.1) is 0 Å². The predicted molar refractivity (Wildman–Crippen MR) is 86.5 cm³/mol. The molecule has 6 nitrogen and oxygen atoms in total. The molecule has 0 spiro atoms. The molecule has 0 bridgehead atoms. The van der Waals surface area contributed by atoms with E-state index in [1.54, 1.807) is 31.4 Å². The minimum absolute atomic E-state index is 0.0958. The van der Waals surface area contributed by atoms with Gasteiger partial charge in [-0.25, -0.2) is 8.42 Å². The van der Waals surface area contributed by atoms with E-state index in [0.29, 0.717) is 17.3 Å². The maximum absolute atomic E-state index is 12.0. The highest BCUT2D eigenvalue weighted by molar-refractivity contribution is 7.90. The zero-order valence-corrected chi connectivity index (χ0v) is 13.5. The first-order valence-corrected chi connectivity index (χ1v) is 8.75. The number of methoxy groups -OCH3 is 1. The number of nitrogens with zero attached hydrogens (tertiary/aromatic N) is 3. The van der Waals surface area contributed by atoms with E-state index in [2.05, 4.69) is 10.2 Å². The number of hydrogen-bond donors (Lipinski definition) is 0. The van der Waals surface area contributed by atoms with Gasteiger partial charge < -0.3 is 4.74 Å². The molecular formula is C16H15N3O3S. The molecular weight excluding hydrogens is 314 g/mol. The third-order valence-corrected chi connectivity index (χ3v) is 4.26. The molecule has 7 heteroatoms. The van der Waals surface area contributed by atoms with Crippen molar-refractivity contribution in [1.29, 1.82) is 0 Å². The van der Waals surface area contributed by atoms with Gasteiger partial charge in [0.15, 0.2) is 5.82 Å². The van der Waals surface area contributed by atoms with E-state index < -0.39 is 9.84 Å². The average molecular weight is 329 g/mol. The van der Waals surface area contributed by atoms with E-state index >= 15 is 0 Å². The average Bonchev–Trinajstić information content (AvgIpc) is 3.01. The molecule has 3 rings (SSSR count). The third kappa shape index (κ3) is 2.95. The monoisotopic (exact) mass is 329 g/mol. The standard InChI is InChI=1S/C16H15N3O3S/c1-22-14-10-8-13(9-11-14)19-15(12-6-4-3-5-7-12)17-18-16(19)23(2,20)21/h3-11H,1-2H3. The van der Waals surface area contributed by atoms with Gasteiger partial charge in [-0.1, -0.05) is 30.3 Å². The molecule has 0 aliphatic carbocycles. The zero-order valence-electron chi connectivity index (χ0n) is 12.7. The molecule has 118 valence electrons. The van der Waals surface area contributed by atoms with Gasteiger partial charge in [0, 0.05) is 11.8 Å². The van der Waals surface area contributed by atoms with Crippen LogP contribution < -0.4 is 4.74 Å². The second-order valence-electron chi connectivity index (χ2n) is 4.98. The molecule has 1 heterocycles. The van der Waals surface area contributed by atoms with Crippen molar-refractivity contribution < 1.29 is 13.2 Å². The molecule has 0 unspecified atom stereocenters. The fraction of sp³-hybridized carbons (Fsp3) is 0.125. The second kappa shape index (κ2) is 5.85. The Morgan fingerprint density at radius 2 is 1.61 bits per heavy atom. The summed E-state index contributed by atoms with van der Waals surface area (Å²) in [5.41, 5.74) is 1.43. The summed E-state index contributed by atoms with van der Waals surface area (Å²) in [6, 6.07) is 16.4. The van der Waals surface area contributed by atoms with Crippen LogP contribution in [0.3, 0.4) is 0 Å². The van der Waals surface area contributed by atoms with Crippen LogP contribution in [0.5, 0.6) is 5.75 Å². The fourth-order valence-electron chi connectivity index (χ4n) is 2.25. The minimum atomic E-state index is -3.53. The highest BCUT2D eigenvalue weighted by Gasteiger charge is 2.22. The van der Waals surface area contributed by atoms with Gasteiger partial charge in [-0.05, 0) is 24.3 Å². The van der Waals surface area contributed by atoms with Crippen molar-refractivity contribution in [1.82, 2.24) is 14.8 Å². The first-order valence-electron chi connectivity index (χ1n) is 6.86. The van der Waals surface area contributed by atoms with Gasteiger partial charge in [0.1, 0.15) is 5.75 Å². The van der Waals surface area contributed by atoms with Crippen LogP contribution in [0.25, 0.3) is 17.1 Å². The zero-order chi connectivity index (χ0) is 16.4. The normalized spacial score (nSPS) is 11.4. The van der Waals surface area contributed by atoms with E-state index in [9.17, 15) is 8.42 Å². The summed E-state index contributed by atoms with van der Waals surface area (Å²) in [6.07, 6.45) is 1.12. The topological polar surface area (TPSA) is 74.1 Å². The van der Waals surface area contributed by atoms with E-state index in [1.165, 1.54) is 4.57 Å². The number of rotatable bonds is 4. The van der Waals surface area contributed by atoms with Crippen molar-refractivity contribution >= 4 is 9.84 Å². The Morgan fingerprint density at radius 1 is 0.957 bits per heavy atom. The lowest BCUT2D eigenvalue weighted by molar-refractivity contribution is 0.414. The van der Waals surface area contributed by atoms with Gasteiger partial charge in [0.25, 0.3) is 5.16 Å². The third-order valence-electron chi connectivity index (χ3n) is 3.33. The van der Waals surface area contributed by atoms with Crippen LogP contribution in [0.2, 0.25) is 0 Å². The van der Waals surface area contributed by atoms with Crippen molar-refractivity contribution in [2.45, 2.75) is 5.16 Å². The minimum Gasteiger partial charge on any atom is -0.497 e. The number of sulfone groups is 1. The van der Waals surface area contributed by atoms with E-state index in [1.807, 2.05) is 30.3 Å². The maximum Gasteiger partial charge on any atom is 0.254 e. The lowest BCUT2D eigenvalue weighted by atomic mass is 10.2. The van der Waals surface area contributed by atoms with E-state index in [-0.39, 0.29) is 5.16 Å². The number of aromatic nitrogens is 3. The van der Waals surface area contributed by atoms with Crippen molar-refractivity contribution in [3.63, 3.8) is 0 Å². The van der Waals surface area contributed by atoms with Crippen molar-refractivity contribution in [3.05, 3.63) is 54.6 Å². The van der Waals surface area contributed by atoms with Gasteiger partial charge in [-0.2, -0.15) is 0 Å². The summed E-state index contributed by atoms with van der Waals surface area (Å²) in [6.45, 7) is 0. The lowest BCUT2D eigenvalue weighted by Gasteiger charge is -2.10. The SMILES string of the molecule is COc1ccc(-n2c(-c3ccccc3)nnc2S(C)(=O)=O)cc1. The Labute approximate surface area is 134 Å². The summed E-state index contributed by atoms with van der Waals surface area (Å²) in [5, 5.41) is 7.86. The molecule has 0 radical (unpaired) electrons. The highest BCUT2D eigenvalue weighted by atomic mass is 32.2. The van der Waals surface area contributed by atoms with Gasteiger partial charge in [-0.15, -0.1) is 10.2 Å². The largest absolute Gasteiger partial charge is 0.497 e. The van der Waals surface area contributed by atoms with Gasteiger partial charge in [0.05, 0.1) is 12.8 Å². The van der Waals surface area contributed by atoms with Crippen LogP contribution in [0.1, 0.15) is 0 Å². The summed E-state index contributed by atoms with van der Waals surface area (Å²) < 4.78 is 30.8. The molecule has 0 fully saturated rings. The Morgan fingerprint density at radius 3 is 2.17 bits per heavy atom. The molecule has 0 aliphatic rings. The lowest BCUT2D eigenvalue weighted by Crippen LogP contribution is -2.08. The Kier molecular flexibility index (Phi) is 3.87. The molecule has 2 aromatic carbocycles. The predicted octanol–water partition coefficient (Wildman–Crippen LogP) is 2.35. The van der Waals surface area contributed by atoms with Crippen LogP contribution in [-0.2, 0) is 9.84 Å². The van der Waals surface area contributed by atoms with Crippen LogP contribution in [0.4, 0.5) is 0 Å². The molecule has 0 saturated heterocycles. The molecule has 0 N–H and O–H groups in total. The maximum atomic E-state index is 12.0. The Bertz CT molecular complexity index is 917. The van der Waals surface area contributed by atoms with Crippen LogP contribution in [-0.4, -0.2) is 36.5 Å². The first-order chi connectivity index (χ1) is 11.0. The van der Waals surface area contributed by atoms with E-state index in [4.69, 9.17) is 4.74 Å².